The van der Waals surface area contributed by atoms with Crippen LogP contribution in [0.3, 0.4) is 0 Å². The second kappa shape index (κ2) is 11.1. The molecule has 1 rings (SSSR count). The number of allylic oxidation sites excluding steroid dienone is 1. The molecule has 0 atom stereocenters. The molecule has 0 saturated carbocycles. The first-order valence-corrected chi connectivity index (χ1v) is 11.4. The predicted octanol–water partition coefficient (Wildman–Crippen LogP) is 5.69. The molecular weight excluding hydrogens is 316 g/mol. The molecule has 3 nitrogen and oxygen atoms in total. The van der Waals surface area contributed by atoms with Crippen molar-refractivity contribution in [2.45, 2.75) is 51.9 Å². The van der Waals surface area contributed by atoms with Gasteiger partial charge in [-0.3, -0.25) is 0 Å². The molecule has 0 aliphatic carbocycles. The first-order chi connectivity index (χ1) is 11.6. The molecule has 1 aromatic rings. The Hall–Kier alpha value is -1.52. The molecule has 0 unspecified atom stereocenters. The zero-order valence-corrected chi connectivity index (χ0v) is 16.6. The van der Waals surface area contributed by atoms with E-state index in [0.29, 0.717) is 13.2 Å². The molecular formula is C20H32O3Si. The number of benzene rings is 1. The summed E-state index contributed by atoms with van der Waals surface area (Å²) < 4.78 is 17.0. The minimum atomic E-state index is -1.60. The molecule has 0 amide bonds. The van der Waals surface area contributed by atoms with Crippen LogP contribution >= 0.6 is 0 Å². The fourth-order valence-electron chi connectivity index (χ4n) is 2.56. The van der Waals surface area contributed by atoms with Gasteiger partial charge in [-0.1, -0.05) is 45.6 Å². The van der Waals surface area contributed by atoms with Crippen molar-refractivity contribution in [3.05, 3.63) is 54.3 Å². The molecule has 24 heavy (non-hydrogen) atoms. The van der Waals surface area contributed by atoms with Gasteiger partial charge in [-0.05, 0) is 48.3 Å². The summed E-state index contributed by atoms with van der Waals surface area (Å²) >= 11 is 0. The van der Waals surface area contributed by atoms with Gasteiger partial charge < -0.3 is 13.9 Å². The maximum atomic E-state index is 6.19. The molecule has 1 aromatic carbocycles. The third-order valence-corrected chi connectivity index (χ3v) is 9.00. The van der Waals surface area contributed by atoms with Crippen LogP contribution in [0.2, 0.25) is 18.1 Å². The lowest BCUT2D eigenvalue weighted by atomic mass is 10.2. The summed E-state index contributed by atoms with van der Waals surface area (Å²) in [6.45, 7) is 12.0. The van der Waals surface area contributed by atoms with E-state index in [9.17, 15) is 0 Å². The van der Waals surface area contributed by atoms with Crippen molar-refractivity contribution in [3.63, 3.8) is 0 Å². The molecule has 0 aliphatic heterocycles. The fraction of sp³-hybridized carbons (Fsp3) is 0.500. The molecule has 0 aromatic heterocycles. The summed E-state index contributed by atoms with van der Waals surface area (Å²) in [5, 5.41) is 0. The Morgan fingerprint density at radius 3 is 2.25 bits per heavy atom. The van der Waals surface area contributed by atoms with Crippen LogP contribution < -0.4 is 4.74 Å². The highest BCUT2D eigenvalue weighted by Crippen LogP contribution is 2.24. The first kappa shape index (κ1) is 20.5. The molecule has 0 spiro atoms. The lowest BCUT2D eigenvalue weighted by Crippen LogP contribution is -2.34. The van der Waals surface area contributed by atoms with E-state index in [4.69, 9.17) is 13.9 Å². The third kappa shape index (κ3) is 6.93. The standard InChI is InChI=1S/C20H32O3Si/c1-6-24(7-2,8-3)23-18(4)11-9-10-16-22-17-19-12-14-20(21-5)15-13-19/h9,11-15H,4,6-8,10,16-17H2,1-3,5H3/b11-9+. The van der Waals surface area contributed by atoms with Gasteiger partial charge in [0.05, 0.1) is 26.1 Å². The fourth-order valence-corrected chi connectivity index (χ4v) is 5.11. The maximum absolute atomic E-state index is 6.19. The van der Waals surface area contributed by atoms with Crippen molar-refractivity contribution in [1.82, 2.24) is 0 Å². The molecule has 0 fully saturated rings. The third-order valence-electron chi connectivity index (χ3n) is 4.44. The lowest BCUT2D eigenvalue weighted by Gasteiger charge is -2.29. The van der Waals surface area contributed by atoms with Gasteiger partial charge >= 0.3 is 0 Å². The molecule has 0 bridgehead atoms. The highest BCUT2D eigenvalue weighted by Gasteiger charge is 2.30. The van der Waals surface area contributed by atoms with Crippen molar-refractivity contribution in [2.75, 3.05) is 13.7 Å². The van der Waals surface area contributed by atoms with Gasteiger partial charge in [-0.25, -0.2) is 0 Å². The summed E-state index contributed by atoms with van der Waals surface area (Å²) in [4.78, 5) is 0. The second-order valence-corrected chi connectivity index (χ2v) is 10.6. The normalized spacial score (nSPS) is 11.7. The van der Waals surface area contributed by atoms with Gasteiger partial charge in [0.1, 0.15) is 5.75 Å². The average molecular weight is 349 g/mol. The highest BCUT2D eigenvalue weighted by atomic mass is 28.4. The zero-order valence-electron chi connectivity index (χ0n) is 15.6. The summed E-state index contributed by atoms with van der Waals surface area (Å²) in [7, 11) is 0.0700. The van der Waals surface area contributed by atoms with Gasteiger partial charge in [-0.2, -0.15) is 0 Å². The summed E-state index contributed by atoms with van der Waals surface area (Å²) in [6, 6.07) is 11.4. The summed E-state index contributed by atoms with van der Waals surface area (Å²) in [6.07, 6.45) is 4.92. The van der Waals surface area contributed by atoms with E-state index in [1.807, 2.05) is 30.3 Å². The second-order valence-electron chi connectivity index (χ2n) is 5.90. The van der Waals surface area contributed by atoms with Gasteiger partial charge in [0.2, 0.25) is 8.32 Å². The van der Waals surface area contributed by atoms with Crippen molar-refractivity contribution < 1.29 is 13.9 Å². The van der Waals surface area contributed by atoms with Crippen molar-refractivity contribution in [2.24, 2.45) is 0 Å². The highest BCUT2D eigenvalue weighted by molar-refractivity contribution is 6.73. The van der Waals surface area contributed by atoms with E-state index in [1.165, 1.54) is 0 Å². The van der Waals surface area contributed by atoms with Crippen molar-refractivity contribution in [3.8, 4) is 5.75 Å². The molecule has 4 heteroatoms. The number of hydrogen-bond donors (Lipinski definition) is 0. The maximum Gasteiger partial charge on any atom is 0.250 e. The molecule has 0 N–H and O–H groups in total. The van der Waals surface area contributed by atoms with Crippen molar-refractivity contribution in [1.29, 1.82) is 0 Å². The molecule has 134 valence electrons. The van der Waals surface area contributed by atoms with Crippen LogP contribution in [0, 0.1) is 0 Å². The summed E-state index contributed by atoms with van der Waals surface area (Å²) in [5.41, 5.74) is 1.15. The van der Waals surface area contributed by atoms with E-state index < -0.39 is 8.32 Å². The minimum Gasteiger partial charge on any atom is -0.544 e. The lowest BCUT2D eigenvalue weighted by molar-refractivity contribution is 0.125. The van der Waals surface area contributed by atoms with E-state index in [1.54, 1.807) is 7.11 Å². The molecule has 0 radical (unpaired) electrons. The van der Waals surface area contributed by atoms with E-state index in [2.05, 4.69) is 33.4 Å². The molecule has 0 aliphatic rings. The predicted molar refractivity (Wildman–Crippen MR) is 104 cm³/mol. The van der Waals surface area contributed by atoms with Crippen LogP contribution in [0.1, 0.15) is 32.8 Å². The number of methoxy groups -OCH3 is 1. The van der Waals surface area contributed by atoms with E-state index in [0.717, 1.165) is 41.6 Å². The number of rotatable bonds is 12. The van der Waals surface area contributed by atoms with Gasteiger partial charge in [0, 0.05) is 0 Å². The largest absolute Gasteiger partial charge is 0.544 e. The van der Waals surface area contributed by atoms with E-state index >= 15 is 0 Å². The first-order valence-electron chi connectivity index (χ1n) is 8.84. The Labute approximate surface area is 148 Å². The van der Waals surface area contributed by atoms with Crippen LogP contribution in [0.5, 0.6) is 5.75 Å². The SMILES string of the molecule is C=C(/C=C/CCOCc1ccc(OC)cc1)O[Si](CC)(CC)CC. The van der Waals surface area contributed by atoms with Gasteiger partial charge in [-0.15, -0.1) is 0 Å². The molecule has 0 saturated heterocycles. The Kier molecular flexibility index (Phi) is 9.50. The van der Waals surface area contributed by atoms with Gasteiger partial charge in [0.15, 0.2) is 0 Å². The van der Waals surface area contributed by atoms with Crippen LogP contribution in [0.25, 0.3) is 0 Å². The van der Waals surface area contributed by atoms with Crippen LogP contribution in [-0.2, 0) is 15.8 Å². The summed E-state index contributed by atoms with van der Waals surface area (Å²) in [5.74, 6) is 1.66. The Balaban J connectivity index is 2.26. The Bertz CT molecular complexity index is 496. The van der Waals surface area contributed by atoms with Gasteiger partial charge in [0.25, 0.3) is 0 Å². The average Bonchev–Trinajstić information content (AvgIpc) is 2.63. The van der Waals surface area contributed by atoms with Crippen LogP contribution in [0.4, 0.5) is 0 Å². The smallest absolute Gasteiger partial charge is 0.250 e. The Morgan fingerprint density at radius 1 is 1.08 bits per heavy atom. The molecule has 0 heterocycles. The van der Waals surface area contributed by atoms with E-state index in [-0.39, 0.29) is 0 Å². The van der Waals surface area contributed by atoms with Crippen LogP contribution in [-0.4, -0.2) is 22.0 Å². The quantitative estimate of drug-likeness (QED) is 0.210. The number of ether oxygens (including phenoxy) is 2. The van der Waals surface area contributed by atoms with Crippen molar-refractivity contribution >= 4 is 8.32 Å². The topological polar surface area (TPSA) is 27.7 Å². The Morgan fingerprint density at radius 2 is 1.71 bits per heavy atom. The van der Waals surface area contributed by atoms with Crippen LogP contribution in [0.15, 0.2) is 48.8 Å². The monoisotopic (exact) mass is 348 g/mol. The number of hydrogen-bond acceptors (Lipinski definition) is 3. The minimum absolute atomic E-state index is 0.618. The zero-order chi connectivity index (χ0) is 17.8.